The minimum absolute atomic E-state index is 0.0845. The minimum atomic E-state index is -0.0845. The van der Waals surface area contributed by atoms with Crippen LogP contribution in [0.1, 0.15) is 32.1 Å². The number of hydrogen-bond donors (Lipinski definition) is 2. The van der Waals surface area contributed by atoms with Crippen molar-refractivity contribution in [1.82, 2.24) is 0 Å². The van der Waals surface area contributed by atoms with E-state index in [2.05, 4.69) is 29.3 Å². The molecule has 4 heteroatoms. The van der Waals surface area contributed by atoms with Gasteiger partial charge in [-0.05, 0) is 54.7 Å². The fourth-order valence-corrected chi connectivity index (χ4v) is 3.28. The maximum Gasteiger partial charge on any atom is 0.265 e. The molecule has 3 N–H and O–H groups in total. The summed E-state index contributed by atoms with van der Waals surface area (Å²) in [5.41, 5.74) is 8.97. The molecule has 2 aromatic rings. The molecule has 0 radical (unpaired) electrons. The van der Waals surface area contributed by atoms with Crippen LogP contribution in [-0.4, -0.2) is 12.5 Å². The van der Waals surface area contributed by atoms with Crippen LogP contribution < -0.4 is 11.1 Å². The van der Waals surface area contributed by atoms with Crippen LogP contribution in [0.5, 0.6) is 0 Å². The molecule has 0 atom stereocenters. The molecule has 1 amide bonds. The van der Waals surface area contributed by atoms with Crippen LogP contribution in [0, 0.1) is 11.8 Å². The van der Waals surface area contributed by atoms with Crippen LogP contribution in [-0.2, 0) is 12.8 Å². The lowest BCUT2D eigenvalue weighted by Crippen LogP contribution is -2.10. The van der Waals surface area contributed by atoms with Gasteiger partial charge in [0.1, 0.15) is 0 Å². The number of thiophene rings is 1. The van der Waals surface area contributed by atoms with E-state index in [0.29, 0.717) is 11.4 Å². The number of amides is 1. The van der Waals surface area contributed by atoms with Crippen LogP contribution in [0.3, 0.4) is 0 Å². The van der Waals surface area contributed by atoms with Gasteiger partial charge in [-0.1, -0.05) is 17.9 Å². The molecule has 0 aliphatic heterocycles. The summed E-state index contributed by atoms with van der Waals surface area (Å²) in [5, 5.41) is 2.96. The van der Waals surface area contributed by atoms with E-state index < -0.39 is 0 Å². The second-order valence-electron chi connectivity index (χ2n) is 4.96. The number of benzene rings is 1. The third-order valence-electron chi connectivity index (χ3n) is 3.50. The van der Waals surface area contributed by atoms with Crippen molar-refractivity contribution in [1.29, 1.82) is 0 Å². The molecule has 0 bridgehead atoms. The maximum absolute atomic E-state index is 12.2. The smallest absolute Gasteiger partial charge is 0.265 e. The van der Waals surface area contributed by atoms with Crippen LogP contribution in [0.25, 0.3) is 0 Å². The van der Waals surface area contributed by atoms with Gasteiger partial charge in [0.2, 0.25) is 0 Å². The van der Waals surface area contributed by atoms with E-state index in [1.165, 1.54) is 28.9 Å². The third-order valence-corrected chi connectivity index (χ3v) is 4.50. The van der Waals surface area contributed by atoms with Crippen molar-refractivity contribution < 1.29 is 4.79 Å². The highest BCUT2D eigenvalue weighted by Crippen LogP contribution is 2.25. The van der Waals surface area contributed by atoms with Gasteiger partial charge in [-0.2, -0.15) is 0 Å². The Kier molecular flexibility index (Phi) is 4.05. The van der Waals surface area contributed by atoms with E-state index in [9.17, 15) is 4.79 Å². The summed E-state index contributed by atoms with van der Waals surface area (Å²) in [5.74, 6) is 5.65. The van der Waals surface area contributed by atoms with Crippen molar-refractivity contribution in [2.24, 2.45) is 5.73 Å². The van der Waals surface area contributed by atoms with Gasteiger partial charge in [0.05, 0.1) is 16.3 Å². The van der Waals surface area contributed by atoms with Gasteiger partial charge in [0.15, 0.2) is 0 Å². The SMILES string of the molecule is NCC#Cc1ccc(C(=O)Nc2ccc3c(c2)CCC3)s1. The molecular formula is C17H16N2OS. The van der Waals surface area contributed by atoms with Gasteiger partial charge in [0, 0.05) is 5.69 Å². The van der Waals surface area contributed by atoms with Gasteiger partial charge >= 0.3 is 0 Å². The van der Waals surface area contributed by atoms with Gasteiger partial charge < -0.3 is 11.1 Å². The number of fused-ring (bicyclic) bond motifs is 1. The van der Waals surface area contributed by atoms with Gasteiger partial charge in [-0.15, -0.1) is 11.3 Å². The van der Waals surface area contributed by atoms with Crippen molar-refractivity contribution >= 4 is 22.9 Å². The van der Waals surface area contributed by atoms with E-state index in [-0.39, 0.29) is 5.91 Å². The standard InChI is InChI=1S/C17H16N2OS/c18-10-2-5-15-8-9-16(21-15)17(20)19-14-7-6-12-3-1-4-13(12)11-14/h6-9,11H,1,3-4,10,18H2,(H,19,20). The molecule has 106 valence electrons. The normalized spacial score (nSPS) is 12.4. The number of aryl methyl sites for hydroxylation is 2. The second-order valence-corrected chi connectivity index (χ2v) is 6.04. The number of carbonyl (C=O) groups excluding carboxylic acids is 1. The molecule has 1 aliphatic rings. The largest absolute Gasteiger partial charge is 0.321 e. The Morgan fingerprint density at radius 2 is 2.10 bits per heavy atom. The van der Waals surface area contributed by atoms with Gasteiger partial charge in [0.25, 0.3) is 5.91 Å². The van der Waals surface area contributed by atoms with E-state index in [1.807, 2.05) is 12.1 Å². The zero-order valence-corrected chi connectivity index (χ0v) is 12.4. The first-order chi connectivity index (χ1) is 10.3. The van der Waals surface area contributed by atoms with Crippen LogP contribution >= 0.6 is 11.3 Å². The minimum Gasteiger partial charge on any atom is -0.321 e. The molecule has 0 spiro atoms. The number of hydrogen-bond acceptors (Lipinski definition) is 3. The Balaban J connectivity index is 1.72. The molecular weight excluding hydrogens is 280 g/mol. The average Bonchev–Trinajstić information content (AvgIpc) is 3.13. The van der Waals surface area contributed by atoms with E-state index in [4.69, 9.17) is 5.73 Å². The number of nitrogens with two attached hydrogens (primary N) is 1. The van der Waals surface area contributed by atoms with E-state index >= 15 is 0 Å². The van der Waals surface area contributed by atoms with Crippen LogP contribution in [0.2, 0.25) is 0 Å². The monoisotopic (exact) mass is 296 g/mol. The summed E-state index contributed by atoms with van der Waals surface area (Å²) in [6.07, 6.45) is 3.47. The van der Waals surface area contributed by atoms with E-state index in [1.54, 1.807) is 6.07 Å². The zero-order chi connectivity index (χ0) is 14.7. The lowest BCUT2D eigenvalue weighted by Gasteiger charge is -2.06. The molecule has 21 heavy (non-hydrogen) atoms. The summed E-state index contributed by atoms with van der Waals surface area (Å²) >= 11 is 1.38. The fourth-order valence-electron chi connectivity index (χ4n) is 2.51. The summed E-state index contributed by atoms with van der Waals surface area (Å²) < 4.78 is 0. The molecule has 1 aliphatic carbocycles. The Bertz CT molecular complexity index is 737. The first-order valence-corrected chi connectivity index (χ1v) is 7.80. The molecule has 0 saturated carbocycles. The first-order valence-electron chi connectivity index (χ1n) is 6.98. The van der Waals surface area contributed by atoms with Gasteiger partial charge in [-0.25, -0.2) is 0 Å². The van der Waals surface area contributed by atoms with Gasteiger partial charge in [-0.3, -0.25) is 4.79 Å². The number of nitrogens with one attached hydrogen (secondary N) is 1. The summed E-state index contributed by atoms with van der Waals surface area (Å²) in [4.78, 5) is 13.8. The quantitative estimate of drug-likeness (QED) is 0.837. The fraction of sp³-hybridized carbons (Fsp3) is 0.235. The molecule has 1 aromatic carbocycles. The molecule has 0 saturated heterocycles. The lowest BCUT2D eigenvalue weighted by molar-refractivity contribution is 0.103. The van der Waals surface area contributed by atoms with Crippen molar-refractivity contribution in [2.75, 3.05) is 11.9 Å². The molecule has 0 fully saturated rings. The first kappa shape index (κ1) is 13.9. The van der Waals surface area contributed by atoms with Crippen LogP contribution in [0.4, 0.5) is 5.69 Å². The molecule has 1 heterocycles. The van der Waals surface area contributed by atoms with Crippen molar-refractivity contribution in [2.45, 2.75) is 19.3 Å². The number of rotatable bonds is 2. The topological polar surface area (TPSA) is 55.1 Å². The van der Waals surface area contributed by atoms with Crippen molar-refractivity contribution in [3.8, 4) is 11.8 Å². The highest BCUT2D eigenvalue weighted by Gasteiger charge is 2.13. The lowest BCUT2D eigenvalue weighted by atomic mass is 10.1. The predicted molar refractivity (Wildman–Crippen MR) is 86.7 cm³/mol. The highest BCUT2D eigenvalue weighted by molar-refractivity contribution is 7.14. The third kappa shape index (κ3) is 3.15. The Labute approximate surface area is 128 Å². The molecule has 3 rings (SSSR count). The molecule has 1 aromatic heterocycles. The molecule has 3 nitrogen and oxygen atoms in total. The Hall–Kier alpha value is -2.09. The Morgan fingerprint density at radius 3 is 2.95 bits per heavy atom. The Morgan fingerprint density at radius 1 is 1.24 bits per heavy atom. The number of carbonyl (C=O) groups is 1. The molecule has 0 unspecified atom stereocenters. The maximum atomic E-state index is 12.2. The van der Waals surface area contributed by atoms with Crippen molar-refractivity contribution in [3.63, 3.8) is 0 Å². The van der Waals surface area contributed by atoms with Crippen molar-refractivity contribution in [3.05, 3.63) is 51.2 Å². The zero-order valence-electron chi connectivity index (χ0n) is 11.6. The highest BCUT2D eigenvalue weighted by atomic mass is 32.1. The predicted octanol–water partition coefficient (Wildman–Crippen LogP) is 2.80. The second kappa shape index (κ2) is 6.13. The summed E-state index contributed by atoms with van der Waals surface area (Å²) in [6.45, 7) is 0.328. The summed E-state index contributed by atoms with van der Waals surface area (Å²) in [7, 11) is 0. The van der Waals surface area contributed by atoms with Crippen LogP contribution in [0.15, 0.2) is 30.3 Å². The summed E-state index contributed by atoms with van der Waals surface area (Å²) in [6, 6.07) is 9.83. The van der Waals surface area contributed by atoms with E-state index in [0.717, 1.165) is 23.4 Å². The number of anilines is 1. The average molecular weight is 296 g/mol.